The fraction of sp³-hybridized carbons (Fsp3) is 0.973. The fourth-order valence-electron chi connectivity index (χ4n) is 6.24. The summed E-state index contributed by atoms with van der Waals surface area (Å²) in [6, 6.07) is 0. The number of rotatable bonds is 33. The van der Waals surface area contributed by atoms with E-state index >= 15 is 0 Å². The van der Waals surface area contributed by atoms with E-state index in [1.807, 2.05) is 0 Å². The SMILES string of the molecule is CCCCCCCCCCCCCCCCCOCC(COP(=O)(O)OC1C(O)C(O)C(O)C(O)C1O)OC(=O)CCCCCCCCCC. The van der Waals surface area contributed by atoms with Crippen molar-refractivity contribution in [2.24, 2.45) is 0 Å². The monoisotopic (exact) mass is 740 g/mol. The van der Waals surface area contributed by atoms with Crippen molar-refractivity contribution in [1.29, 1.82) is 0 Å². The quantitative estimate of drug-likeness (QED) is 0.0239. The largest absolute Gasteiger partial charge is 0.472 e. The molecular weight excluding hydrogens is 667 g/mol. The number of phosphoric ester groups is 1. The molecule has 1 saturated carbocycles. The van der Waals surface area contributed by atoms with E-state index in [2.05, 4.69) is 13.8 Å². The first kappa shape index (κ1) is 47.4. The molecule has 0 aromatic rings. The topological polar surface area (TPSA) is 192 Å². The highest BCUT2D eigenvalue weighted by molar-refractivity contribution is 7.47. The fourth-order valence-corrected chi connectivity index (χ4v) is 7.21. The molecule has 298 valence electrons. The molecule has 1 rings (SSSR count). The van der Waals surface area contributed by atoms with Crippen LogP contribution in [-0.4, -0.2) is 98.9 Å². The van der Waals surface area contributed by atoms with Gasteiger partial charge in [0, 0.05) is 13.0 Å². The summed E-state index contributed by atoms with van der Waals surface area (Å²) in [6.45, 7) is 4.22. The van der Waals surface area contributed by atoms with Crippen LogP contribution in [0.2, 0.25) is 0 Å². The number of esters is 1. The van der Waals surface area contributed by atoms with Crippen molar-refractivity contribution in [3.05, 3.63) is 0 Å². The molecule has 0 spiro atoms. The minimum atomic E-state index is -5.00. The zero-order valence-electron chi connectivity index (χ0n) is 31.2. The third-order valence-corrected chi connectivity index (χ3v) is 10.5. The average molecular weight is 741 g/mol. The van der Waals surface area contributed by atoms with Crippen molar-refractivity contribution in [1.82, 2.24) is 0 Å². The molecule has 0 amide bonds. The van der Waals surface area contributed by atoms with Crippen LogP contribution in [0.15, 0.2) is 0 Å². The van der Waals surface area contributed by atoms with E-state index < -0.39 is 63.1 Å². The van der Waals surface area contributed by atoms with Gasteiger partial charge in [-0.2, -0.15) is 0 Å². The zero-order chi connectivity index (χ0) is 37.0. The third kappa shape index (κ3) is 22.4. The van der Waals surface area contributed by atoms with Crippen molar-refractivity contribution in [3.8, 4) is 0 Å². The molecule has 13 heteroatoms. The molecule has 6 N–H and O–H groups in total. The Balaban J connectivity index is 2.42. The zero-order valence-corrected chi connectivity index (χ0v) is 32.1. The standard InChI is InChI=1S/C37H73O12P/c1-3-5-7-9-11-13-14-15-16-17-18-19-21-23-25-27-46-28-30(48-31(38)26-24-22-20-12-10-8-6-4-2)29-47-50(44,45)49-37-35(42)33(40)32(39)34(41)36(37)43/h30,32-37,39-43H,3-29H2,1-2H3,(H,44,45). The van der Waals surface area contributed by atoms with Gasteiger partial charge in [-0.1, -0.05) is 149 Å². The first-order valence-corrected chi connectivity index (χ1v) is 21.4. The van der Waals surface area contributed by atoms with Crippen LogP contribution in [0, 0.1) is 0 Å². The smallest absolute Gasteiger partial charge is 0.457 e. The number of ether oxygens (including phenoxy) is 2. The molecule has 6 atom stereocenters. The van der Waals surface area contributed by atoms with Crippen LogP contribution in [0.3, 0.4) is 0 Å². The van der Waals surface area contributed by atoms with Crippen LogP contribution >= 0.6 is 7.82 Å². The first-order valence-electron chi connectivity index (χ1n) is 19.9. The number of carbonyl (C=O) groups is 1. The summed E-state index contributed by atoms with van der Waals surface area (Å²) in [7, 11) is -5.00. The van der Waals surface area contributed by atoms with Crippen molar-refractivity contribution in [2.45, 2.75) is 211 Å². The Labute approximate surface area is 302 Å². The lowest BCUT2D eigenvalue weighted by Crippen LogP contribution is -2.64. The second-order valence-corrected chi connectivity index (χ2v) is 15.6. The lowest BCUT2D eigenvalue weighted by atomic mass is 9.85. The summed E-state index contributed by atoms with van der Waals surface area (Å²) in [5.74, 6) is -0.479. The van der Waals surface area contributed by atoms with Gasteiger partial charge in [0.05, 0.1) is 13.2 Å². The molecule has 1 aliphatic rings. The Morgan fingerprint density at radius 2 is 0.940 bits per heavy atom. The lowest BCUT2D eigenvalue weighted by molar-refractivity contribution is -0.220. The summed E-state index contributed by atoms with van der Waals surface area (Å²) in [4.78, 5) is 22.9. The van der Waals surface area contributed by atoms with Gasteiger partial charge in [-0.05, 0) is 12.8 Å². The van der Waals surface area contributed by atoms with E-state index in [0.717, 1.165) is 38.5 Å². The van der Waals surface area contributed by atoms with Crippen LogP contribution in [0.25, 0.3) is 0 Å². The average Bonchev–Trinajstić information content (AvgIpc) is 3.09. The summed E-state index contributed by atoms with van der Waals surface area (Å²) in [5.41, 5.74) is 0. The number of unbranched alkanes of at least 4 members (excludes halogenated alkanes) is 21. The minimum Gasteiger partial charge on any atom is -0.457 e. The molecule has 1 aliphatic carbocycles. The van der Waals surface area contributed by atoms with Crippen LogP contribution in [0.4, 0.5) is 0 Å². The van der Waals surface area contributed by atoms with Crippen molar-refractivity contribution >= 4 is 13.8 Å². The van der Waals surface area contributed by atoms with Gasteiger partial charge in [0.1, 0.15) is 42.7 Å². The summed E-state index contributed by atoms with van der Waals surface area (Å²) in [5, 5.41) is 49.9. The second-order valence-electron chi connectivity index (χ2n) is 14.1. The Kier molecular flexibility index (Phi) is 28.2. The Hall–Kier alpha value is -0.660. The van der Waals surface area contributed by atoms with E-state index in [1.54, 1.807) is 0 Å². The maximum atomic E-state index is 12.7. The van der Waals surface area contributed by atoms with Gasteiger partial charge in [-0.3, -0.25) is 13.8 Å². The molecule has 0 aromatic heterocycles. The number of hydrogen-bond acceptors (Lipinski definition) is 11. The van der Waals surface area contributed by atoms with E-state index in [4.69, 9.17) is 18.5 Å². The van der Waals surface area contributed by atoms with Gasteiger partial charge in [-0.25, -0.2) is 4.57 Å². The molecule has 12 nitrogen and oxygen atoms in total. The van der Waals surface area contributed by atoms with E-state index in [9.17, 15) is 39.8 Å². The van der Waals surface area contributed by atoms with Gasteiger partial charge < -0.3 is 39.9 Å². The predicted octanol–water partition coefficient (Wildman–Crippen LogP) is 6.64. The molecule has 0 bridgehead atoms. The van der Waals surface area contributed by atoms with Crippen LogP contribution in [0.5, 0.6) is 0 Å². The Morgan fingerprint density at radius 1 is 0.560 bits per heavy atom. The highest BCUT2D eigenvalue weighted by atomic mass is 31.2. The van der Waals surface area contributed by atoms with Gasteiger partial charge in [0.25, 0.3) is 0 Å². The van der Waals surface area contributed by atoms with Gasteiger partial charge in [0.15, 0.2) is 0 Å². The van der Waals surface area contributed by atoms with Crippen LogP contribution in [0.1, 0.15) is 168 Å². The summed E-state index contributed by atoms with van der Waals surface area (Å²) < 4.78 is 33.9. The van der Waals surface area contributed by atoms with Crippen LogP contribution < -0.4 is 0 Å². The molecule has 6 unspecified atom stereocenters. The number of aliphatic hydroxyl groups is 5. The minimum absolute atomic E-state index is 0.0694. The van der Waals surface area contributed by atoms with E-state index in [0.29, 0.717) is 13.0 Å². The van der Waals surface area contributed by atoms with Crippen LogP contribution in [-0.2, 0) is 27.9 Å². The lowest BCUT2D eigenvalue weighted by Gasteiger charge is -2.41. The molecule has 50 heavy (non-hydrogen) atoms. The third-order valence-electron chi connectivity index (χ3n) is 9.48. The van der Waals surface area contributed by atoms with E-state index in [-0.39, 0.29) is 13.0 Å². The molecule has 0 aromatic carbocycles. The summed E-state index contributed by atoms with van der Waals surface area (Å²) in [6.07, 6.45) is 14.9. The molecule has 0 aliphatic heterocycles. The highest BCUT2D eigenvalue weighted by Crippen LogP contribution is 2.47. The number of carbonyl (C=O) groups excluding carboxylic acids is 1. The number of phosphoric acid groups is 1. The maximum Gasteiger partial charge on any atom is 0.472 e. The summed E-state index contributed by atoms with van der Waals surface area (Å²) >= 11 is 0. The van der Waals surface area contributed by atoms with Gasteiger partial charge in [-0.15, -0.1) is 0 Å². The molecule has 0 heterocycles. The Bertz CT molecular complexity index is 848. The van der Waals surface area contributed by atoms with Crippen molar-refractivity contribution in [2.75, 3.05) is 19.8 Å². The van der Waals surface area contributed by atoms with Crippen molar-refractivity contribution < 1.29 is 58.3 Å². The van der Waals surface area contributed by atoms with Crippen molar-refractivity contribution in [3.63, 3.8) is 0 Å². The first-order chi connectivity index (χ1) is 24.0. The highest BCUT2D eigenvalue weighted by Gasteiger charge is 2.51. The van der Waals surface area contributed by atoms with Gasteiger partial charge >= 0.3 is 13.8 Å². The molecule has 0 radical (unpaired) electrons. The second kappa shape index (κ2) is 29.8. The Morgan fingerprint density at radius 3 is 1.38 bits per heavy atom. The normalized spacial score (nSPS) is 24.2. The number of hydrogen-bond donors (Lipinski definition) is 6. The molecular formula is C37H73O12P. The van der Waals surface area contributed by atoms with Gasteiger partial charge in [0.2, 0.25) is 0 Å². The molecule has 1 fully saturated rings. The number of aliphatic hydroxyl groups excluding tert-OH is 5. The van der Waals surface area contributed by atoms with E-state index in [1.165, 1.54) is 103 Å². The molecule has 0 saturated heterocycles. The predicted molar refractivity (Wildman–Crippen MR) is 194 cm³/mol. The maximum absolute atomic E-state index is 12.7.